The fourth-order valence-electron chi connectivity index (χ4n) is 4.49. The topological polar surface area (TPSA) is 108 Å². The summed E-state index contributed by atoms with van der Waals surface area (Å²) in [5, 5.41) is 14.6. The van der Waals surface area contributed by atoms with Gasteiger partial charge < -0.3 is 25.4 Å². The summed E-state index contributed by atoms with van der Waals surface area (Å²) in [7, 11) is 3.50. The van der Waals surface area contributed by atoms with E-state index in [0.29, 0.717) is 13.0 Å². The van der Waals surface area contributed by atoms with Gasteiger partial charge in [0.1, 0.15) is 12.6 Å². The van der Waals surface area contributed by atoms with E-state index in [1.165, 1.54) is 11.1 Å². The maximum absolute atomic E-state index is 12.4. The molecule has 174 valence electrons. The number of amides is 2. The maximum atomic E-state index is 12.4. The number of nitrogens with zero attached hydrogens (tertiary/aromatic N) is 1. The Hall–Kier alpha value is -3.39. The third-order valence-electron chi connectivity index (χ3n) is 6.27. The second kappa shape index (κ2) is 9.62. The summed E-state index contributed by atoms with van der Waals surface area (Å²) < 4.78 is 5.52. The Morgan fingerprint density at radius 2 is 1.67 bits per heavy atom. The smallest absolute Gasteiger partial charge is 0.407 e. The van der Waals surface area contributed by atoms with Gasteiger partial charge in [-0.05, 0) is 48.7 Å². The molecule has 8 heteroatoms. The molecule has 0 saturated heterocycles. The van der Waals surface area contributed by atoms with E-state index in [-0.39, 0.29) is 36.8 Å². The number of rotatable bonds is 9. The molecule has 0 spiro atoms. The molecule has 1 fully saturated rings. The Balaban J connectivity index is 1.24. The number of alkyl carbamates (subject to hydrolysis) is 1. The zero-order valence-electron chi connectivity index (χ0n) is 18.8. The number of fused-ring (bicyclic) bond motifs is 3. The Bertz CT molecular complexity index is 1010. The molecule has 0 radical (unpaired) electrons. The average Bonchev–Trinajstić information content (AvgIpc) is 3.51. The summed E-state index contributed by atoms with van der Waals surface area (Å²) >= 11 is 0. The largest absolute Gasteiger partial charge is 0.480 e. The van der Waals surface area contributed by atoms with Crippen molar-refractivity contribution in [1.82, 2.24) is 15.5 Å². The van der Waals surface area contributed by atoms with Crippen LogP contribution in [-0.4, -0.2) is 67.8 Å². The van der Waals surface area contributed by atoms with Gasteiger partial charge in [-0.25, -0.2) is 9.59 Å². The number of carboxylic acids is 1. The third kappa shape index (κ3) is 5.17. The van der Waals surface area contributed by atoms with Crippen molar-refractivity contribution in [3.63, 3.8) is 0 Å². The minimum atomic E-state index is -1.06. The summed E-state index contributed by atoms with van der Waals surface area (Å²) in [6.07, 6.45) is 0.100. The van der Waals surface area contributed by atoms with E-state index in [1.54, 1.807) is 19.0 Å². The average molecular weight is 452 g/mol. The number of hydrogen-bond acceptors (Lipinski definition) is 5. The molecule has 0 aliphatic heterocycles. The van der Waals surface area contributed by atoms with Crippen molar-refractivity contribution in [2.75, 3.05) is 33.8 Å². The third-order valence-corrected chi connectivity index (χ3v) is 6.27. The van der Waals surface area contributed by atoms with Gasteiger partial charge in [-0.15, -0.1) is 0 Å². The lowest BCUT2D eigenvalue weighted by molar-refractivity contribution is -0.142. The van der Waals surface area contributed by atoms with Gasteiger partial charge in [-0.2, -0.15) is 0 Å². The fraction of sp³-hybridized carbons (Fsp3) is 0.400. The Kier molecular flexibility index (Phi) is 6.65. The Morgan fingerprint density at radius 3 is 2.24 bits per heavy atom. The minimum Gasteiger partial charge on any atom is -0.480 e. The van der Waals surface area contributed by atoms with E-state index >= 15 is 0 Å². The fourth-order valence-corrected chi connectivity index (χ4v) is 4.49. The van der Waals surface area contributed by atoms with Crippen LogP contribution in [0.3, 0.4) is 0 Å². The standard InChI is InChI=1S/C25H29N3O5/c1-28(2)13-22(24(30)31)27-23(29)20-11-15(20)12-26-25(32)33-14-21-18-9-5-3-7-16(18)17-8-4-6-10-19(17)21/h3-10,15,20-22H,11-14H2,1-2H3,(H,26,32)(H,27,29)(H,30,31)/t15-,20-,22-/m0/s1. The van der Waals surface area contributed by atoms with Crippen molar-refractivity contribution in [2.24, 2.45) is 11.8 Å². The van der Waals surface area contributed by atoms with Crippen LogP contribution in [0.2, 0.25) is 0 Å². The second-order valence-electron chi connectivity index (χ2n) is 8.97. The summed E-state index contributed by atoms with van der Waals surface area (Å²) in [5.41, 5.74) is 4.64. The van der Waals surface area contributed by atoms with Crippen LogP contribution in [0.15, 0.2) is 48.5 Å². The molecule has 2 aliphatic rings. The molecule has 2 aliphatic carbocycles. The van der Waals surface area contributed by atoms with E-state index in [0.717, 1.165) is 11.1 Å². The molecule has 0 heterocycles. The predicted molar refractivity (Wildman–Crippen MR) is 123 cm³/mol. The first-order valence-electron chi connectivity index (χ1n) is 11.1. The van der Waals surface area contributed by atoms with Crippen LogP contribution in [0.5, 0.6) is 0 Å². The van der Waals surface area contributed by atoms with E-state index in [1.807, 2.05) is 24.3 Å². The number of aliphatic carboxylic acids is 1. The molecule has 0 aromatic heterocycles. The maximum Gasteiger partial charge on any atom is 0.407 e. The van der Waals surface area contributed by atoms with Gasteiger partial charge >= 0.3 is 12.1 Å². The van der Waals surface area contributed by atoms with Crippen molar-refractivity contribution in [2.45, 2.75) is 18.4 Å². The molecule has 33 heavy (non-hydrogen) atoms. The summed E-state index contributed by atoms with van der Waals surface area (Å²) in [5.74, 6) is -1.66. The molecule has 4 rings (SSSR count). The Labute approximate surface area is 192 Å². The van der Waals surface area contributed by atoms with E-state index in [9.17, 15) is 19.5 Å². The van der Waals surface area contributed by atoms with E-state index in [4.69, 9.17) is 4.74 Å². The van der Waals surface area contributed by atoms with Gasteiger partial charge in [-0.3, -0.25) is 4.79 Å². The monoisotopic (exact) mass is 451 g/mol. The van der Waals surface area contributed by atoms with Crippen LogP contribution in [0, 0.1) is 11.8 Å². The van der Waals surface area contributed by atoms with Gasteiger partial charge in [0.2, 0.25) is 5.91 Å². The van der Waals surface area contributed by atoms with Crippen molar-refractivity contribution >= 4 is 18.0 Å². The van der Waals surface area contributed by atoms with Crippen molar-refractivity contribution in [1.29, 1.82) is 0 Å². The number of likely N-dealkylation sites (N-methyl/N-ethyl adjacent to an activating group) is 1. The second-order valence-corrected chi connectivity index (χ2v) is 8.97. The first-order valence-corrected chi connectivity index (χ1v) is 11.1. The lowest BCUT2D eigenvalue weighted by Crippen LogP contribution is -2.47. The molecule has 8 nitrogen and oxygen atoms in total. The number of benzene rings is 2. The highest BCUT2D eigenvalue weighted by atomic mass is 16.5. The van der Waals surface area contributed by atoms with Crippen LogP contribution < -0.4 is 10.6 Å². The van der Waals surface area contributed by atoms with Crippen LogP contribution in [-0.2, 0) is 14.3 Å². The molecule has 3 atom stereocenters. The van der Waals surface area contributed by atoms with Gasteiger partial charge in [0.25, 0.3) is 0 Å². The van der Waals surface area contributed by atoms with Crippen molar-refractivity contribution < 1.29 is 24.2 Å². The van der Waals surface area contributed by atoms with Gasteiger partial charge in [0.15, 0.2) is 0 Å². The number of carboxylic acid groups (broad SMARTS) is 1. The summed E-state index contributed by atoms with van der Waals surface area (Å²) in [6, 6.07) is 15.3. The molecule has 0 bridgehead atoms. The molecule has 2 aromatic rings. The highest BCUT2D eigenvalue weighted by Gasteiger charge is 2.44. The number of ether oxygens (including phenoxy) is 1. The molecule has 1 saturated carbocycles. The number of carbonyl (C=O) groups excluding carboxylic acids is 2. The number of hydrogen-bond donors (Lipinski definition) is 3. The summed E-state index contributed by atoms with van der Waals surface area (Å²) in [6.45, 7) is 0.774. The lowest BCUT2D eigenvalue weighted by atomic mass is 9.98. The highest BCUT2D eigenvalue weighted by Crippen LogP contribution is 2.44. The van der Waals surface area contributed by atoms with Crippen LogP contribution in [0.1, 0.15) is 23.5 Å². The first-order chi connectivity index (χ1) is 15.8. The van der Waals surface area contributed by atoms with Gasteiger partial charge in [-0.1, -0.05) is 48.5 Å². The van der Waals surface area contributed by atoms with Gasteiger partial charge in [0.05, 0.1) is 0 Å². The SMILES string of the molecule is CN(C)C[C@H](NC(=O)[C@H]1C[C@H]1CNC(=O)OCC1c2ccccc2-c2ccccc21)C(=O)O. The predicted octanol–water partition coefficient (Wildman–Crippen LogP) is 2.29. The van der Waals surface area contributed by atoms with E-state index < -0.39 is 18.1 Å². The van der Waals surface area contributed by atoms with Crippen molar-refractivity contribution in [3.05, 3.63) is 59.7 Å². The highest BCUT2D eigenvalue weighted by molar-refractivity contribution is 5.87. The molecular weight excluding hydrogens is 422 g/mol. The number of nitrogens with one attached hydrogen (secondary N) is 2. The molecule has 2 aromatic carbocycles. The summed E-state index contributed by atoms with van der Waals surface area (Å²) in [4.78, 5) is 37.7. The van der Waals surface area contributed by atoms with Gasteiger partial charge in [0, 0.05) is 24.9 Å². The minimum absolute atomic E-state index is 0.00718. The lowest BCUT2D eigenvalue weighted by Gasteiger charge is -2.18. The number of carbonyl (C=O) groups is 3. The van der Waals surface area contributed by atoms with E-state index in [2.05, 4.69) is 34.9 Å². The molecule has 2 amide bonds. The first kappa shape index (κ1) is 22.8. The quantitative estimate of drug-likeness (QED) is 0.540. The van der Waals surface area contributed by atoms with Crippen LogP contribution in [0.25, 0.3) is 11.1 Å². The van der Waals surface area contributed by atoms with Crippen LogP contribution >= 0.6 is 0 Å². The Morgan fingerprint density at radius 1 is 1.06 bits per heavy atom. The molecular formula is C25H29N3O5. The zero-order chi connectivity index (χ0) is 23.5. The van der Waals surface area contributed by atoms with Crippen molar-refractivity contribution in [3.8, 4) is 11.1 Å². The normalized spacial score (nSPS) is 19.4. The molecule has 3 N–H and O–H groups in total. The van der Waals surface area contributed by atoms with Crippen LogP contribution in [0.4, 0.5) is 4.79 Å². The zero-order valence-corrected chi connectivity index (χ0v) is 18.8. The molecule has 0 unspecified atom stereocenters.